The van der Waals surface area contributed by atoms with Crippen molar-refractivity contribution in [2.75, 3.05) is 20.6 Å². The summed E-state index contributed by atoms with van der Waals surface area (Å²) in [4.78, 5) is 2.92. The predicted molar refractivity (Wildman–Crippen MR) is 89.1 cm³/mol. The van der Waals surface area contributed by atoms with E-state index in [1.54, 1.807) is 6.07 Å². The van der Waals surface area contributed by atoms with Crippen LogP contribution in [0, 0.1) is 12.8 Å². The molecule has 0 fully saturated rings. The Morgan fingerprint density at radius 3 is 2.43 bits per heavy atom. The maximum atomic E-state index is 12.5. The van der Waals surface area contributed by atoms with Crippen molar-refractivity contribution >= 4 is 21.4 Å². The number of thiophene rings is 1. The van der Waals surface area contributed by atoms with Gasteiger partial charge in [0.05, 0.1) is 0 Å². The minimum Gasteiger partial charge on any atom is -0.326 e. The van der Waals surface area contributed by atoms with E-state index >= 15 is 0 Å². The van der Waals surface area contributed by atoms with Crippen LogP contribution in [0.15, 0.2) is 10.3 Å². The van der Waals surface area contributed by atoms with Gasteiger partial charge in [0.15, 0.2) is 0 Å². The van der Waals surface area contributed by atoms with E-state index < -0.39 is 10.0 Å². The molecule has 1 rings (SSSR count). The van der Waals surface area contributed by atoms with Gasteiger partial charge in [-0.1, -0.05) is 13.8 Å². The highest BCUT2D eigenvalue weighted by molar-refractivity contribution is 7.91. The lowest BCUT2D eigenvalue weighted by atomic mass is 10.0. The molecule has 21 heavy (non-hydrogen) atoms. The Morgan fingerprint density at radius 2 is 2.00 bits per heavy atom. The van der Waals surface area contributed by atoms with Gasteiger partial charge < -0.3 is 10.6 Å². The molecule has 0 aromatic carbocycles. The highest BCUT2D eigenvalue weighted by atomic mass is 32.2. The molecule has 0 radical (unpaired) electrons. The molecule has 0 aliphatic carbocycles. The van der Waals surface area contributed by atoms with E-state index in [0.29, 0.717) is 23.2 Å². The zero-order chi connectivity index (χ0) is 16.2. The largest absolute Gasteiger partial charge is 0.326 e. The van der Waals surface area contributed by atoms with Crippen molar-refractivity contribution in [1.29, 1.82) is 0 Å². The summed E-state index contributed by atoms with van der Waals surface area (Å²) in [6.07, 6.45) is 0.811. The third kappa shape index (κ3) is 5.67. The van der Waals surface area contributed by atoms with Gasteiger partial charge in [0.2, 0.25) is 10.0 Å². The second-order valence-electron chi connectivity index (χ2n) is 6.09. The zero-order valence-corrected chi connectivity index (χ0v) is 15.1. The summed E-state index contributed by atoms with van der Waals surface area (Å²) in [6, 6.07) is 1.62. The Kier molecular flexibility index (Phi) is 6.80. The van der Waals surface area contributed by atoms with Crippen LogP contribution in [0.1, 0.15) is 30.7 Å². The number of rotatable bonds is 8. The lowest BCUT2D eigenvalue weighted by molar-refractivity contribution is 0.329. The summed E-state index contributed by atoms with van der Waals surface area (Å²) < 4.78 is 28.2. The van der Waals surface area contributed by atoms with Gasteiger partial charge in [0, 0.05) is 24.0 Å². The third-order valence-corrected chi connectivity index (χ3v) is 6.37. The normalized spacial score (nSPS) is 14.1. The molecular weight excluding hydrogens is 306 g/mol. The number of aryl methyl sites for hydroxylation is 1. The Morgan fingerprint density at radius 1 is 1.38 bits per heavy atom. The maximum Gasteiger partial charge on any atom is 0.250 e. The molecule has 1 aromatic rings. The number of sulfonamides is 1. The van der Waals surface area contributed by atoms with Crippen LogP contribution in [-0.2, 0) is 16.6 Å². The molecule has 5 nitrogen and oxygen atoms in total. The molecule has 1 aromatic heterocycles. The number of nitrogens with zero attached hydrogens (tertiary/aromatic N) is 1. The second-order valence-corrected chi connectivity index (χ2v) is 9.16. The van der Waals surface area contributed by atoms with Crippen molar-refractivity contribution in [3.63, 3.8) is 0 Å². The molecule has 0 aliphatic rings. The first-order valence-corrected chi connectivity index (χ1v) is 9.42. The minimum atomic E-state index is -3.48. The van der Waals surface area contributed by atoms with Gasteiger partial charge in [-0.05, 0) is 45.0 Å². The van der Waals surface area contributed by atoms with Crippen molar-refractivity contribution in [2.24, 2.45) is 11.7 Å². The Bertz CT molecular complexity index is 541. The van der Waals surface area contributed by atoms with E-state index in [1.165, 1.54) is 11.3 Å². The van der Waals surface area contributed by atoms with E-state index in [-0.39, 0.29) is 6.04 Å². The quantitative estimate of drug-likeness (QED) is 0.760. The summed E-state index contributed by atoms with van der Waals surface area (Å²) in [5.41, 5.74) is 6.57. The lowest BCUT2D eigenvalue weighted by Gasteiger charge is -2.23. The smallest absolute Gasteiger partial charge is 0.250 e. The van der Waals surface area contributed by atoms with E-state index in [4.69, 9.17) is 5.73 Å². The van der Waals surface area contributed by atoms with Gasteiger partial charge >= 0.3 is 0 Å². The number of hydrogen-bond acceptors (Lipinski definition) is 5. The second kappa shape index (κ2) is 7.69. The fraction of sp³-hybridized carbons (Fsp3) is 0.714. The van der Waals surface area contributed by atoms with E-state index in [9.17, 15) is 8.42 Å². The van der Waals surface area contributed by atoms with E-state index in [2.05, 4.69) is 18.6 Å². The summed E-state index contributed by atoms with van der Waals surface area (Å²) in [5.74, 6) is 0.433. The van der Waals surface area contributed by atoms with Crippen molar-refractivity contribution in [3.8, 4) is 0 Å². The van der Waals surface area contributed by atoms with Crippen LogP contribution in [0.2, 0.25) is 0 Å². The molecule has 1 heterocycles. The van der Waals surface area contributed by atoms with Crippen LogP contribution in [0.25, 0.3) is 0 Å². The minimum absolute atomic E-state index is 0.0891. The first-order valence-electron chi connectivity index (χ1n) is 7.12. The van der Waals surface area contributed by atoms with E-state index in [0.717, 1.165) is 16.9 Å². The Balaban J connectivity index is 2.93. The van der Waals surface area contributed by atoms with Crippen molar-refractivity contribution in [3.05, 3.63) is 16.5 Å². The Labute approximate surface area is 132 Å². The van der Waals surface area contributed by atoms with Gasteiger partial charge in [-0.3, -0.25) is 0 Å². The first kappa shape index (κ1) is 18.6. The molecular formula is C14H27N3O2S2. The molecule has 0 saturated carbocycles. The topological polar surface area (TPSA) is 75.4 Å². The van der Waals surface area contributed by atoms with Crippen LogP contribution < -0.4 is 10.5 Å². The number of likely N-dealkylation sites (N-methyl/N-ethyl adjacent to an activating group) is 1. The molecule has 1 unspecified atom stereocenters. The molecule has 0 saturated heterocycles. The fourth-order valence-corrected chi connectivity index (χ4v) is 5.00. The molecule has 7 heteroatoms. The van der Waals surface area contributed by atoms with Gasteiger partial charge in [-0.25, -0.2) is 13.1 Å². The van der Waals surface area contributed by atoms with E-state index in [1.807, 2.05) is 25.9 Å². The third-order valence-electron chi connectivity index (χ3n) is 3.11. The summed E-state index contributed by atoms with van der Waals surface area (Å²) in [7, 11) is 0.420. The predicted octanol–water partition coefficient (Wildman–Crippen LogP) is 1.77. The first-order chi connectivity index (χ1) is 9.65. The average molecular weight is 334 g/mol. The standard InChI is InChI=1S/C14H27N3O2S2/c1-10(2)6-12(9-17(4)5)16-21(18,19)14-7-11(3)13(8-15)20-14/h7,10,12,16H,6,8-9,15H2,1-5H3. The lowest BCUT2D eigenvalue weighted by Crippen LogP contribution is -2.42. The van der Waals surface area contributed by atoms with Crippen LogP contribution in [0.5, 0.6) is 0 Å². The highest BCUT2D eigenvalue weighted by Crippen LogP contribution is 2.26. The highest BCUT2D eigenvalue weighted by Gasteiger charge is 2.23. The summed E-state index contributed by atoms with van der Waals surface area (Å²) in [6.45, 7) is 7.14. The number of nitrogens with two attached hydrogens (primary N) is 1. The van der Waals surface area contributed by atoms with Crippen LogP contribution >= 0.6 is 11.3 Å². The van der Waals surface area contributed by atoms with Gasteiger partial charge in [-0.2, -0.15) is 0 Å². The van der Waals surface area contributed by atoms with Crippen LogP contribution in [-0.4, -0.2) is 40.0 Å². The zero-order valence-electron chi connectivity index (χ0n) is 13.5. The van der Waals surface area contributed by atoms with Crippen molar-refractivity contribution in [2.45, 2.75) is 44.0 Å². The summed E-state index contributed by atoms with van der Waals surface area (Å²) >= 11 is 1.26. The van der Waals surface area contributed by atoms with Crippen molar-refractivity contribution < 1.29 is 8.42 Å². The Hall–Kier alpha value is -0.470. The molecule has 0 aliphatic heterocycles. The molecule has 0 bridgehead atoms. The maximum absolute atomic E-state index is 12.5. The fourth-order valence-electron chi connectivity index (χ4n) is 2.27. The average Bonchev–Trinajstić information content (AvgIpc) is 2.68. The number of nitrogens with one attached hydrogen (secondary N) is 1. The number of hydrogen-bond donors (Lipinski definition) is 2. The summed E-state index contributed by atoms with van der Waals surface area (Å²) in [5, 5.41) is 0. The SMILES string of the molecule is Cc1cc(S(=O)(=O)NC(CC(C)C)CN(C)C)sc1CN. The molecule has 0 spiro atoms. The molecule has 0 amide bonds. The monoisotopic (exact) mass is 333 g/mol. The van der Waals surface area contributed by atoms with Crippen LogP contribution in [0.4, 0.5) is 0 Å². The molecule has 3 N–H and O–H groups in total. The molecule has 122 valence electrons. The van der Waals surface area contributed by atoms with Crippen molar-refractivity contribution in [1.82, 2.24) is 9.62 Å². The van der Waals surface area contributed by atoms with Gasteiger partial charge in [-0.15, -0.1) is 11.3 Å². The van der Waals surface area contributed by atoms with Gasteiger partial charge in [0.25, 0.3) is 0 Å². The molecule has 1 atom stereocenters. The van der Waals surface area contributed by atoms with Gasteiger partial charge in [0.1, 0.15) is 4.21 Å². The van der Waals surface area contributed by atoms with Crippen LogP contribution in [0.3, 0.4) is 0 Å².